The molecule has 144 valence electrons. The number of nitrogens with zero attached hydrogens (tertiary/aromatic N) is 5. The molecule has 1 amide bonds. The highest BCUT2D eigenvalue weighted by Gasteiger charge is 2.43. The number of amides is 1. The Balaban J connectivity index is 1.42. The zero-order valence-electron chi connectivity index (χ0n) is 16.7. The predicted molar refractivity (Wildman–Crippen MR) is 102 cm³/mol. The minimum absolute atomic E-state index is 0.00606. The van der Waals surface area contributed by atoms with E-state index in [0.717, 1.165) is 37.7 Å². The van der Waals surface area contributed by atoms with Crippen molar-refractivity contribution in [1.82, 2.24) is 20.3 Å². The first-order chi connectivity index (χ1) is 12.7. The topological polar surface area (TPSA) is 75.4 Å². The van der Waals surface area contributed by atoms with Gasteiger partial charge in [0, 0.05) is 43.4 Å². The summed E-state index contributed by atoms with van der Waals surface area (Å²) in [6.45, 7) is 13.4. The number of aromatic nitrogens is 3. The third-order valence-electron chi connectivity index (χ3n) is 5.76. The average molecular weight is 369 g/mol. The van der Waals surface area contributed by atoms with Gasteiger partial charge in [0.25, 0.3) is 5.91 Å². The lowest BCUT2D eigenvalue weighted by Crippen LogP contribution is -2.34. The highest BCUT2D eigenvalue weighted by molar-refractivity contribution is 5.96. The molecule has 4 rings (SSSR count). The molecule has 7 heteroatoms. The lowest BCUT2D eigenvalue weighted by Gasteiger charge is -2.23. The Morgan fingerprint density at radius 1 is 1.07 bits per heavy atom. The van der Waals surface area contributed by atoms with Crippen LogP contribution in [0.3, 0.4) is 0 Å². The molecule has 2 fully saturated rings. The average Bonchev–Trinajstić information content (AvgIpc) is 3.27. The molecule has 4 heterocycles. The Kier molecular flexibility index (Phi) is 4.20. The van der Waals surface area contributed by atoms with E-state index >= 15 is 0 Å². The van der Waals surface area contributed by atoms with Crippen molar-refractivity contribution in [2.45, 2.75) is 40.0 Å². The van der Waals surface area contributed by atoms with Gasteiger partial charge in [-0.15, -0.1) is 5.10 Å². The predicted octanol–water partition coefficient (Wildman–Crippen LogP) is 2.59. The van der Waals surface area contributed by atoms with Gasteiger partial charge in [0.05, 0.1) is 11.4 Å². The van der Waals surface area contributed by atoms with Gasteiger partial charge in [-0.05, 0) is 26.0 Å². The van der Waals surface area contributed by atoms with Gasteiger partial charge < -0.3 is 14.3 Å². The van der Waals surface area contributed by atoms with Crippen molar-refractivity contribution in [3.8, 4) is 0 Å². The van der Waals surface area contributed by atoms with E-state index in [4.69, 9.17) is 4.52 Å². The molecule has 2 aliphatic heterocycles. The highest BCUT2D eigenvalue weighted by atomic mass is 16.5. The maximum atomic E-state index is 12.9. The number of carbonyl (C=O) groups excluding carboxylic acids is 1. The molecular weight excluding hydrogens is 342 g/mol. The van der Waals surface area contributed by atoms with Crippen LogP contribution in [0, 0.1) is 25.7 Å². The summed E-state index contributed by atoms with van der Waals surface area (Å²) in [4.78, 5) is 17.1. The molecule has 2 aromatic heterocycles. The Labute approximate surface area is 159 Å². The third-order valence-corrected chi connectivity index (χ3v) is 5.76. The number of carbonyl (C=O) groups is 1. The minimum Gasteiger partial charge on any atom is -0.361 e. The number of likely N-dealkylation sites (tertiary alicyclic amines) is 1. The number of aryl methyl sites for hydroxylation is 2. The second kappa shape index (κ2) is 6.32. The van der Waals surface area contributed by atoms with E-state index < -0.39 is 0 Å². The van der Waals surface area contributed by atoms with Crippen LogP contribution in [0.25, 0.3) is 0 Å². The largest absolute Gasteiger partial charge is 0.361 e. The first-order valence-corrected chi connectivity index (χ1v) is 9.55. The number of fused-ring (bicyclic) bond motifs is 1. The molecule has 7 nitrogen and oxygen atoms in total. The molecule has 2 unspecified atom stereocenters. The minimum atomic E-state index is 0.00606. The van der Waals surface area contributed by atoms with Crippen LogP contribution in [-0.2, 0) is 5.41 Å². The molecule has 0 radical (unpaired) electrons. The van der Waals surface area contributed by atoms with E-state index in [1.165, 1.54) is 0 Å². The van der Waals surface area contributed by atoms with Crippen molar-refractivity contribution >= 4 is 11.7 Å². The van der Waals surface area contributed by atoms with Gasteiger partial charge in [0.15, 0.2) is 5.82 Å². The summed E-state index contributed by atoms with van der Waals surface area (Å²) in [5, 5.41) is 12.8. The monoisotopic (exact) mass is 369 g/mol. The van der Waals surface area contributed by atoms with E-state index in [2.05, 4.69) is 53.2 Å². The van der Waals surface area contributed by atoms with Crippen molar-refractivity contribution in [2.75, 3.05) is 31.1 Å². The molecule has 0 aliphatic carbocycles. The summed E-state index contributed by atoms with van der Waals surface area (Å²) in [5.74, 6) is 2.52. The Morgan fingerprint density at radius 3 is 2.22 bits per heavy atom. The van der Waals surface area contributed by atoms with Crippen LogP contribution >= 0.6 is 0 Å². The van der Waals surface area contributed by atoms with Crippen LogP contribution in [-0.4, -0.2) is 52.3 Å². The summed E-state index contributed by atoms with van der Waals surface area (Å²) in [7, 11) is 0. The van der Waals surface area contributed by atoms with Gasteiger partial charge in [0.2, 0.25) is 0 Å². The Bertz CT molecular complexity index is 819. The maximum absolute atomic E-state index is 12.9. The van der Waals surface area contributed by atoms with Crippen molar-refractivity contribution < 1.29 is 9.32 Å². The standard InChI is InChI=1S/C20H27N5O2/c1-12-18(13(2)27-23-12)19(26)25-10-14-8-24(9-15(14)11-25)17-7-6-16(21-22-17)20(3,4)5/h6-7,14-15H,8-11H2,1-5H3. The quantitative estimate of drug-likeness (QED) is 0.810. The molecule has 2 aliphatic rings. The molecule has 0 saturated carbocycles. The van der Waals surface area contributed by atoms with Gasteiger partial charge in [-0.1, -0.05) is 25.9 Å². The van der Waals surface area contributed by atoms with Crippen LogP contribution in [0.2, 0.25) is 0 Å². The van der Waals surface area contributed by atoms with E-state index in [0.29, 0.717) is 28.9 Å². The summed E-state index contributed by atoms with van der Waals surface area (Å²) in [6.07, 6.45) is 0. The molecule has 0 bridgehead atoms. The van der Waals surface area contributed by atoms with E-state index in [1.54, 1.807) is 6.92 Å². The molecule has 0 aromatic carbocycles. The number of rotatable bonds is 2. The number of anilines is 1. The third kappa shape index (κ3) is 3.19. The Hall–Kier alpha value is -2.44. The zero-order chi connectivity index (χ0) is 19.3. The van der Waals surface area contributed by atoms with Gasteiger partial charge in [-0.3, -0.25) is 4.79 Å². The maximum Gasteiger partial charge on any atom is 0.259 e. The first kappa shape index (κ1) is 17.9. The molecule has 0 spiro atoms. The molecular formula is C20H27N5O2. The van der Waals surface area contributed by atoms with Crippen molar-refractivity contribution in [3.05, 3.63) is 34.8 Å². The molecule has 2 atom stereocenters. The second-order valence-electron chi connectivity index (χ2n) is 8.86. The summed E-state index contributed by atoms with van der Waals surface area (Å²) in [5.41, 5.74) is 2.30. The van der Waals surface area contributed by atoms with Gasteiger partial charge in [0.1, 0.15) is 11.3 Å². The normalized spacial score (nSPS) is 22.4. The molecule has 2 saturated heterocycles. The molecule has 27 heavy (non-hydrogen) atoms. The van der Waals surface area contributed by atoms with Crippen molar-refractivity contribution in [2.24, 2.45) is 11.8 Å². The fraction of sp³-hybridized carbons (Fsp3) is 0.600. The smallest absolute Gasteiger partial charge is 0.259 e. The SMILES string of the molecule is Cc1noc(C)c1C(=O)N1CC2CN(c3ccc(C(C)(C)C)nn3)CC2C1. The number of hydrogen-bond donors (Lipinski definition) is 0. The van der Waals surface area contributed by atoms with Crippen LogP contribution in [0.15, 0.2) is 16.7 Å². The van der Waals surface area contributed by atoms with E-state index in [1.807, 2.05) is 11.8 Å². The zero-order valence-corrected chi connectivity index (χ0v) is 16.7. The van der Waals surface area contributed by atoms with Crippen molar-refractivity contribution in [3.63, 3.8) is 0 Å². The van der Waals surface area contributed by atoms with Crippen LogP contribution in [0.1, 0.15) is 48.3 Å². The molecule has 0 N–H and O–H groups in total. The lowest BCUT2D eigenvalue weighted by atomic mass is 9.92. The fourth-order valence-corrected chi connectivity index (χ4v) is 4.19. The van der Waals surface area contributed by atoms with Crippen LogP contribution < -0.4 is 4.90 Å². The van der Waals surface area contributed by atoms with Gasteiger partial charge in [-0.25, -0.2) is 0 Å². The second-order valence-corrected chi connectivity index (χ2v) is 8.86. The first-order valence-electron chi connectivity index (χ1n) is 9.55. The lowest BCUT2D eigenvalue weighted by molar-refractivity contribution is 0.0780. The van der Waals surface area contributed by atoms with Gasteiger partial charge >= 0.3 is 0 Å². The fourth-order valence-electron chi connectivity index (χ4n) is 4.19. The van der Waals surface area contributed by atoms with E-state index in [-0.39, 0.29) is 11.3 Å². The van der Waals surface area contributed by atoms with Crippen LogP contribution in [0.5, 0.6) is 0 Å². The highest BCUT2D eigenvalue weighted by Crippen LogP contribution is 2.34. The summed E-state index contributed by atoms with van der Waals surface area (Å²) < 4.78 is 5.16. The summed E-state index contributed by atoms with van der Waals surface area (Å²) in [6, 6.07) is 4.14. The molecule has 2 aromatic rings. The van der Waals surface area contributed by atoms with E-state index in [9.17, 15) is 4.79 Å². The van der Waals surface area contributed by atoms with Crippen molar-refractivity contribution in [1.29, 1.82) is 0 Å². The van der Waals surface area contributed by atoms with Crippen LogP contribution in [0.4, 0.5) is 5.82 Å². The summed E-state index contributed by atoms with van der Waals surface area (Å²) >= 11 is 0. The Morgan fingerprint density at radius 2 is 1.74 bits per heavy atom. The number of hydrogen-bond acceptors (Lipinski definition) is 6. The van der Waals surface area contributed by atoms with Gasteiger partial charge in [-0.2, -0.15) is 5.10 Å².